The summed E-state index contributed by atoms with van der Waals surface area (Å²) in [6, 6.07) is 1.48. The van der Waals surface area contributed by atoms with Crippen LogP contribution >= 0.6 is 0 Å². The highest BCUT2D eigenvalue weighted by Crippen LogP contribution is 2.53. The number of likely N-dealkylation sites (tertiary alicyclic amines) is 2. The summed E-state index contributed by atoms with van der Waals surface area (Å²) in [4.78, 5) is 29.4. The van der Waals surface area contributed by atoms with E-state index in [0.29, 0.717) is 12.2 Å². The number of aryl methyl sites for hydroxylation is 1. The van der Waals surface area contributed by atoms with E-state index < -0.39 is 6.43 Å². The number of rotatable bonds is 3. The molecule has 2 amide bonds. The van der Waals surface area contributed by atoms with Crippen molar-refractivity contribution in [1.29, 1.82) is 0 Å². The van der Waals surface area contributed by atoms with Crippen LogP contribution in [-0.4, -0.2) is 56.1 Å². The molecule has 4 atom stereocenters. The number of nitrogens with zero attached hydrogens (tertiary/aromatic N) is 4. The van der Waals surface area contributed by atoms with Gasteiger partial charge in [-0.2, -0.15) is 5.10 Å². The lowest BCUT2D eigenvalue weighted by Crippen LogP contribution is -2.55. The van der Waals surface area contributed by atoms with Gasteiger partial charge in [-0.3, -0.25) is 14.3 Å². The number of halogens is 2. The predicted octanol–water partition coefficient (Wildman–Crippen LogP) is 2.91. The molecule has 8 heteroatoms. The fourth-order valence-electron chi connectivity index (χ4n) is 5.97. The number of amides is 2. The summed E-state index contributed by atoms with van der Waals surface area (Å²) >= 11 is 0. The van der Waals surface area contributed by atoms with Gasteiger partial charge in [-0.25, -0.2) is 8.78 Å². The average Bonchev–Trinajstić information content (AvgIpc) is 3.02. The highest BCUT2D eigenvalue weighted by atomic mass is 19.3. The lowest BCUT2D eigenvalue weighted by molar-refractivity contribution is -0.138. The summed E-state index contributed by atoms with van der Waals surface area (Å²) in [5.74, 6) is -0.117. The van der Waals surface area contributed by atoms with Gasteiger partial charge in [-0.05, 0) is 32.3 Å². The molecule has 4 rings (SSSR count). The Labute approximate surface area is 163 Å². The minimum absolute atomic E-state index is 0.0487. The molecule has 1 aromatic heterocycles. The maximum absolute atomic E-state index is 13.3. The first-order chi connectivity index (χ1) is 13.2. The Morgan fingerprint density at radius 1 is 1.29 bits per heavy atom. The molecule has 3 fully saturated rings. The number of piperidine rings is 1. The van der Waals surface area contributed by atoms with E-state index in [0.717, 1.165) is 36.8 Å². The summed E-state index contributed by atoms with van der Waals surface area (Å²) < 4.78 is 27.8. The van der Waals surface area contributed by atoms with E-state index in [-0.39, 0.29) is 47.6 Å². The molecule has 0 N–H and O–H groups in total. The molecule has 6 nitrogen and oxygen atoms in total. The summed E-state index contributed by atoms with van der Waals surface area (Å²) in [6.45, 7) is 5.81. The monoisotopic (exact) mass is 394 g/mol. The Kier molecular flexibility index (Phi) is 4.70. The lowest BCUT2D eigenvalue weighted by Gasteiger charge is -2.46. The molecular weight excluding hydrogens is 366 g/mol. The molecule has 3 aliphatic rings. The molecule has 1 aromatic rings. The van der Waals surface area contributed by atoms with E-state index in [1.165, 1.54) is 6.07 Å². The topological polar surface area (TPSA) is 58.4 Å². The van der Waals surface area contributed by atoms with Crippen molar-refractivity contribution in [3.8, 4) is 0 Å². The molecule has 2 bridgehead atoms. The zero-order valence-electron chi connectivity index (χ0n) is 16.7. The molecule has 1 aliphatic carbocycles. The summed E-state index contributed by atoms with van der Waals surface area (Å²) in [7, 11) is 0. The maximum atomic E-state index is 13.3. The first kappa shape index (κ1) is 19.3. The third kappa shape index (κ3) is 2.92. The third-order valence-electron chi connectivity index (χ3n) is 7.05. The maximum Gasteiger partial charge on any atom is 0.280 e. The fourth-order valence-corrected chi connectivity index (χ4v) is 5.97. The van der Waals surface area contributed by atoms with Gasteiger partial charge < -0.3 is 9.80 Å². The van der Waals surface area contributed by atoms with Crippen LogP contribution in [-0.2, 0) is 16.1 Å². The van der Waals surface area contributed by atoms with Crippen LogP contribution in [0, 0.1) is 12.3 Å². The Morgan fingerprint density at radius 3 is 2.61 bits per heavy atom. The molecule has 154 valence electrons. The van der Waals surface area contributed by atoms with Crippen LogP contribution in [0.15, 0.2) is 6.07 Å². The number of carbonyl (C=O) groups excluding carboxylic acids is 2. The summed E-state index contributed by atoms with van der Waals surface area (Å²) in [5, 5.41) is 4.11. The summed E-state index contributed by atoms with van der Waals surface area (Å²) in [6.07, 6.45) is 2.14. The van der Waals surface area contributed by atoms with Crippen molar-refractivity contribution in [3.05, 3.63) is 17.5 Å². The zero-order chi connectivity index (χ0) is 20.2. The SMILES string of the molecule is CC(=O)N1C[C@@H]2C[C@@]3(C)[C@H](CCCC[C@@H]13)N2C(=O)Cn1nc(C)cc1C(F)F. The molecule has 0 unspecified atom stereocenters. The normalized spacial score (nSPS) is 32.0. The Bertz CT molecular complexity index is 795. The van der Waals surface area contributed by atoms with E-state index in [4.69, 9.17) is 0 Å². The van der Waals surface area contributed by atoms with Crippen LogP contribution < -0.4 is 0 Å². The van der Waals surface area contributed by atoms with Gasteiger partial charge in [0.25, 0.3) is 6.43 Å². The van der Waals surface area contributed by atoms with Gasteiger partial charge in [-0.1, -0.05) is 19.8 Å². The van der Waals surface area contributed by atoms with E-state index in [2.05, 4.69) is 12.0 Å². The highest BCUT2D eigenvalue weighted by Gasteiger charge is 2.60. The molecule has 0 radical (unpaired) electrons. The second-order valence-corrected chi connectivity index (χ2v) is 8.82. The number of hydrogen-bond donors (Lipinski definition) is 0. The van der Waals surface area contributed by atoms with E-state index >= 15 is 0 Å². The number of aromatic nitrogens is 2. The minimum atomic E-state index is -2.67. The van der Waals surface area contributed by atoms with Crippen LogP contribution in [0.4, 0.5) is 8.78 Å². The number of hydrogen-bond acceptors (Lipinski definition) is 3. The highest BCUT2D eigenvalue weighted by molar-refractivity contribution is 5.78. The Balaban J connectivity index is 1.65. The van der Waals surface area contributed by atoms with Gasteiger partial charge in [0.1, 0.15) is 12.2 Å². The van der Waals surface area contributed by atoms with Gasteiger partial charge in [0, 0.05) is 31.0 Å². The second kappa shape index (κ2) is 6.81. The molecule has 0 spiro atoms. The van der Waals surface area contributed by atoms with Gasteiger partial charge in [0.2, 0.25) is 11.8 Å². The van der Waals surface area contributed by atoms with Crippen molar-refractivity contribution in [2.75, 3.05) is 6.54 Å². The van der Waals surface area contributed by atoms with Crippen molar-refractivity contribution in [1.82, 2.24) is 19.6 Å². The van der Waals surface area contributed by atoms with Crippen LogP contribution in [0.5, 0.6) is 0 Å². The zero-order valence-corrected chi connectivity index (χ0v) is 16.7. The minimum Gasteiger partial charge on any atom is -0.337 e. The quantitative estimate of drug-likeness (QED) is 0.792. The van der Waals surface area contributed by atoms with Crippen LogP contribution in [0.1, 0.15) is 63.8 Å². The number of carbonyl (C=O) groups is 2. The van der Waals surface area contributed by atoms with Gasteiger partial charge in [0.15, 0.2) is 0 Å². The smallest absolute Gasteiger partial charge is 0.280 e. The molecule has 1 saturated carbocycles. The molecule has 2 aliphatic heterocycles. The van der Waals surface area contributed by atoms with Gasteiger partial charge >= 0.3 is 0 Å². The van der Waals surface area contributed by atoms with Crippen LogP contribution in [0.3, 0.4) is 0 Å². The van der Waals surface area contributed by atoms with Crippen molar-refractivity contribution in [2.45, 2.75) is 84.0 Å². The van der Waals surface area contributed by atoms with E-state index in [9.17, 15) is 18.4 Å². The van der Waals surface area contributed by atoms with Crippen molar-refractivity contribution in [2.24, 2.45) is 5.41 Å². The van der Waals surface area contributed by atoms with Crippen molar-refractivity contribution < 1.29 is 18.4 Å². The number of alkyl halides is 2. The van der Waals surface area contributed by atoms with Gasteiger partial charge in [-0.15, -0.1) is 0 Å². The van der Waals surface area contributed by atoms with E-state index in [1.54, 1.807) is 13.8 Å². The number of fused-ring (bicyclic) bond motifs is 1. The molecule has 3 heterocycles. The van der Waals surface area contributed by atoms with Crippen molar-refractivity contribution in [3.63, 3.8) is 0 Å². The fraction of sp³-hybridized carbons (Fsp3) is 0.750. The van der Waals surface area contributed by atoms with Crippen LogP contribution in [0.25, 0.3) is 0 Å². The second-order valence-electron chi connectivity index (χ2n) is 8.82. The molecule has 28 heavy (non-hydrogen) atoms. The van der Waals surface area contributed by atoms with E-state index in [1.807, 2.05) is 9.80 Å². The third-order valence-corrected chi connectivity index (χ3v) is 7.05. The standard InChI is InChI=1S/C20H28F2N4O2/c1-12-8-15(19(21)22)25(23-12)11-18(28)26-14-9-20(3)16(24(10-14)13(2)27)6-4-5-7-17(20)26/h8,14,16-17,19H,4-7,9-11H2,1-3H3/t14-,16+,17-,20+/m0/s1. The molecular formula is C20H28F2N4O2. The largest absolute Gasteiger partial charge is 0.337 e. The average molecular weight is 394 g/mol. The molecule has 2 saturated heterocycles. The first-order valence-corrected chi connectivity index (χ1v) is 10.1. The first-order valence-electron chi connectivity index (χ1n) is 10.1. The predicted molar refractivity (Wildman–Crippen MR) is 98.7 cm³/mol. The van der Waals surface area contributed by atoms with Gasteiger partial charge in [0.05, 0.1) is 11.7 Å². The Morgan fingerprint density at radius 2 is 1.96 bits per heavy atom. The molecule has 0 aromatic carbocycles. The van der Waals surface area contributed by atoms with Crippen molar-refractivity contribution >= 4 is 11.8 Å². The Hall–Kier alpha value is -1.99. The lowest BCUT2D eigenvalue weighted by atomic mass is 9.71. The van der Waals surface area contributed by atoms with Crippen LogP contribution in [0.2, 0.25) is 0 Å². The summed E-state index contributed by atoms with van der Waals surface area (Å²) in [5.41, 5.74) is 0.127.